The number of nitrogens with one attached hydrogen (secondary N) is 2. The summed E-state index contributed by atoms with van der Waals surface area (Å²) in [5, 5.41) is 5.50. The Morgan fingerprint density at radius 1 is 0.800 bits per heavy atom. The molecule has 0 aliphatic rings. The van der Waals surface area contributed by atoms with Crippen molar-refractivity contribution in [1.29, 1.82) is 0 Å². The van der Waals surface area contributed by atoms with E-state index in [0.717, 1.165) is 22.4 Å². The van der Waals surface area contributed by atoms with Crippen LogP contribution in [0.25, 0.3) is 0 Å². The molecule has 0 unspecified atom stereocenters. The summed E-state index contributed by atoms with van der Waals surface area (Å²) < 4.78 is 10.9. The van der Waals surface area contributed by atoms with Gasteiger partial charge in [0.05, 0.1) is 12.5 Å². The molecule has 0 fully saturated rings. The molecule has 3 rings (SSSR count). The van der Waals surface area contributed by atoms with Gasteiger partial charge in [0.2, 0.25) is 5.91 Å². The van der Waals surface area contributed by atoms with Crippen LogP contribution in [0.4, 0.5) is 5.69 Å². The summed E-state index contributed by atoms with van der Waals surface area (Å²) in [4.78, 5) is 36.1. The van der Waals surface area contributed by atoms with Crippen molar-refractivity contribution in [3.8, 4) is 11.5 Å². The lowest BCUT2D eigenvalue weighted by atomic mass is 10.1. The molecule has 0 aromatic heterocycles. The van der Waals surface area contributed by atoms with E-state index >= 15 is 0 Å². The van der Waals surface area contributed by atoms with Crippen LogP contribution in [0.3, 0.4) is 0 Å². The van der Waals surface area contributed by atoms with Crippen molar-refractivity contribution in [2.24, 2.45) is 0 Å². The van der Waals surface area contributed by atoms with E-state index in [4.69, 9.17) is 9.47 Å². The summed E-state index contributed by atoms with van der Waals surface area (Å²) in [7, 11) is 0. The van der Waals surface area contributed by atoms with Gasteiger partial charge in [-0.3, -0.25) is 14.4 Å². The first-order valence-electron chi connectivity index (χ1n) is 11.4. The van der Waals surface area contributed by atoms with Crippen LogP contribution in [0.15, 0.2) is 72.8 Å². The molecule has 0 aliphatic heterocycles. The first kappa shape index (κ1) is 25.5. The zero-order valence-corrected chi connectivity index (χ0v) is 20.2. The Hall–Kier alpha value is -4.13. The van der Waals surface area contributed by atoms with Crippen molar-refractivity contribution in [3.63, 3.8) is 0 Å². The number of esters is 1. The number of hydrogen-bond donors (Lipinski definition) is 2. The zero-order chi connectivity index (χ0) is 25.2. The molecule has 7 heteroatoms. The van der Waals surface area contributed by atoms with Gasteiger partial charge in [-0.25, -0.2) is 0 Å². The van der Waals surface area contributed by atoms with Gasteiger partial charge < -0.3 is 20.1 Å². The molecule has 0 aliphatic carbocycles. The number of ether oxygens (including phenoxy) is 2. The molecule has 35 heavy (non-hydrogen) atoms. The van der Waals surface area contributed by atoms with Crippen LogP contribution >= 0.6 is 0 Å². The molecule has 0 bridgehead atoms. The lowest BCUT2D eigenvalue weighted by Crippen LogP contribution is -2.31. The Morgan fingerprint density at radius 2 is 1.46 bits per heavy atom. The number of benzene rings is 3. The molecule has 3 aromatic carbocycles. The molecular formula is C28H30N2O5. The molecule has 0 heterocycles. The minimum atomic E-state index is -0.611. The van der Waals surface area contributed by atoms with E-state index in [9.17, 15) is 14.4 Å². The van der Waals surface area contributed by atoms with Crippen molar-refractivity contribution >= 4 is 23.5 Å². The van der Waals surface area contributed by atoms with E-state index in [0.29, 0.717) is 11.4 Å². The molecular weight excluding hydrogens is 444 g/mol. The Labute approximate surface area is 205 Å². The van der Waals surface area contributed by atoms with E-state index < -0.39 is 11.9 Å². The van der Waals surface area contributed by atoms with Crippen LogP contribution in [-0.2, 0) is 19.1 Å². The Morgan fingerprint density at radius 3 is 2.11 bits per heavy atom. The van der Waals surface area contributed by atoms with E-state index in [1.807, 2.05) is 63.2 Å². The van der Waals surface area contributed by atoms with Crippen LogP contribution in [-0.4, -0.2) is 24.4 Å². The van der Waals surface area contributed by atoms with Gasteiger partial charge >= 0.3 is 5.97 Å². The van der Waals surface area contributed by atoms with E-state index in [1.165, 1.54) is 0 Å². The number of aryl methyl sites for hydroxylation is 2. The van der Waals surface area contributed by atoms with Crippen LogP contribution < -0.4 is 15.4 Å². The van der Waals surface area contributed by atoms with Crippen LogP contribution in [0.1, 0.15) is 42.5 Å². The summed E-state index contributed by atoms with van der Waals surface area (Å²) in [5.41, 5.74) is 3.77. The van der Waals surface area contributed by atoms with Crippen LogP contribution in [0.5, 0.6) is 11.5 Å². The highest BCUT2D eigenvalue weighted by molar-refractivity contribution is 5.92. The topological polar surface area (TPSA) is 93.7 Å². The standard InChI is InChI=1S/C28H30N2O5/c1-19-15-20(2)17-25(16-19)35-24-11-9-23(10-12-24)30-26(31)13-14-28(33)34-18-27(32)29-21(3)22-7-5-4-6-8-22/h4-12,15-17,21H,13-14,18H2,1-3H3,(H,29,32)(H,30,31)/t21-/m0/s1. The summed E-state index contributed by atoms with van der Waals surface area (Å²) in [6.07, 6.45) is -0.178. The molecule has 1 atom stereocenters. The quantitative estimate of drug-likeness (QED) is 0.392. The van der Waals surface area contributed by atoms with Crippen molar-refractivity contribution in [2.45, 2.75) is 39.7 Å². The number of rotatable bonds is 10. The molecule has 2 amide bonds. The lowest BCUT2D eigenvalue weighted by molar-refractivity contribution is -0.149. The predicted octanol–water partition coefficient (Wildman–Crippen LogP) is 5.24. The Bertz CT molecular complexity index is 1140. The SMILES string of the molecule is Cc1cc(C)cc(Oc2ccc(NC(=O)CCC(=O)OCC(=O)N[C@@H](C)c3ccccc3)cc2)c1. The number of anilines is 1. The van der Waals surface area contributed by atoms with Gasteiger partial charge in [0.25, 0.3) is 5.91 Å². The van der Waals surface area contributed by atoms with Gasteiger partial charge in [-0.05, 0) is 73.9 Å². The molecule has 2 N–H and O–H groups in total. The highest BCUT2D eigenvalue weighted by Crippen LogP contribution is 2.25. The van der Waals surface area contributed by atoms with Crippen molar-refractivity contribution < 1.29 is 23.9 Å². The van der Waals surface area contributed by atoms with E-state index in [-0.39, 0.29) is 31.4 Å². The van der Waals surface area contributed by atoms with E-state index in [2.05, 4.69) is 16.7 Å². The van der Waals surface area contributed by atoms with Gasteiger partial charge in [-0.1, -0.05) is 36.4 Å². The molecule has 0 saturated carbocycles. The maximum atomic E-state index is 12.2. The van der Waals surface area contributed by atoms with Gasteiger partial charge in [0.15, 0.2) is 6.61 Å². The van der Waals surface area contributed by atoms with Crippen LogP contribution in [0.2, 0.25) is 0 Å². The van der Waals surface area contributed by atoms with Gasteiger partial charge in [-0.15, -0.1) is 0 Å². The number of amides is 2. The fourth-order valence-corrected chi connectivity index (χ4v) is 3.50. The third-order valence-electron chi connectivity index (χ3n) is 5.17. The average Bonchev–Trinajstić information content (AvgIpc) is 2.82. The van der Waals surface area contributed by atoms with Gasteiger partial charge in [0.1, 0.15) is 11.5 Å². The zero-order valence-electron chi connectivity index (χ0n) is 20.2. The fraction of sp³-hybridized carbons (Fsp3) is 0.250. The highest BCUT2D eigenvalue weighted by Gasteiger charge is 2.13. The number of carbonyl (C=O) groups excluding carboxylic acids is 3. The number of hydrogen-bond acceptors (Lipinski definition) is 5. The summed E-state index contributed by atoms with van der Waals surface area (Å²) in [6, 6.07) is 22.2. The summed E-state index contributed by atoms with van der Waals surface area (Å²) >= 11 is 0. The van der Waals surface area contributed by atoms with Crippen LogP contribution in [0, 0.1) is 13.8 Å². The van der Waals surface area contributed by atoms with Crippen molar-refractivity contribution in [3.05, 3.63) is 89.5 Å². The largest absolute Gasteiger partial charge is 0.457 e. The molecule has 182 valence electrons. The first-order chi connectivity index (χ1) is 16.8. The molecule has 3 aromatic rings. The summed E-state index contributed by atoms with van der Waals surface area (Å²) in [5.74, 6) is 0.0617. The molecule has 7 nitrogen and oxygen atoms in total. The maximum Gasteiger partial charge on any atom is 0.306 e. The minimum absolute atomic E-state index is 0.0539. The molecule has 0 saturated heterocycles. The van der Waals surface area contributed by atoms with Gasteiger partial charge in [0, 0.05) is 12.1 Å². The minimum Gasteiger partial charge on any atom is -0.457 e. The third kappa shape index (κ3) is 8.62. The first-order valence-corrected chi connectivity index (χ1v) is 11.4. The number of carbonyl (C=O) groups is 3. The third-order valence-corrected chi connectivity index (χ3v) is 5.17. The highest BCUT2D eigenvalue weighted by atomic mass is 16.5. The van der Waals surface area contributed by atoms with E-state index in [1.54, 1.807) is 24.3 Å². The van der Waals surface area contributed by atoms with Crippen molar-refractivity contribution in [1.82, 2.24) is 5.32 Å². The second kappa shape index (κ2) is 12.4. The molecule has 0 spiro atoms. The second-order valence-electron chi connectivity index (χ2n) is 8.36. The Balaban J connectivity index is 1.37. The Kier molecular flexibility index (Phi) is 9.01. The maximum absolute atomic E-state index is 12.2. The lowest BCUT2D eigenvalue weighted by Gasteiger charge is -2.14. The summed E-state index contributed by atoms with van der Waals surface area (Å²) in [6.45, 7) is 5.48. The normalized spacial score (nSPS) is 11.3. The molecule has 0 radical (unpaired) electrons. The average molecular weight is 475 g/mol. The second-order valence-corrected chi connectivity index (χ2v) is 8.36. The predicted molar refractivity (Wildman–Crippen MR) is 134 cm³/mol. The smallest absolute Gasteiger partial charge is 0.306 e. The fourth-order valence-electron chi connectivity index (χ4n) is 3.50. The van der Waals surface area contributed by atoms with Crippen molar-refractivity contribution in [2.75, 3.05) is 11.9 Å². The monoisotopic (exact) mass is 474 g/mol. The van der Waals surface area contributed by atoms with Gasteiger partial charge in [-0.2, -0.15) is 0 Å².